The molecule has 0 amide bonds. The fraction of sp³-hybridized carbons (Fsp3) is 0.0625. The third-order valence-electron chi connectivity index (χ3n) is 3.14. The molecule has 1 nitrogen and oxygen atoms in total. The maximum Gasteiger partial charge on any atom is 0.0670 e. The van der Waals surface area contributed by atoms with Crippen molar-refractivity contribution in [2.45, 2.75) is 6.42 Å². The Morgan fingerprint density at radius 2 is 1.35 bits per heavy atom. The largest absolute Gasteiger partial charge is 0.198 e. The van der Waals surface area contributed by atoms with Crippen molar-refractivity contribution in [1.29, 1.82) is 5.26 Å². The normalized spacial score (nSPS) is 10.5. The van der Waals surface area contributed by atoms with Crippen LogP contribution in [0.25, 0.3) is 21.5 Å². The third-order valence-corrected chi connectivity index (χ3v) is 3.14. The minimum absolute atomic E-state index is 0.460. The summed E-state index contributed by atoms with van der Waals surface area (Å²) in [5, 5.41) is 13.8. The van der Waals surface area contributed by atoms with Crippen molar-refractivity contribution in [3.05, 3.63) is 60.2 Å². The number of nitrogens with zero attached hydrogens (tertiary/aromatic N) is 1. The zero-order valence-corrected chi connectivity index (χ0v) is 9.35. The van der Waals surface area contributed by atoms with Crippen LogP contribution in [-0.4, -0.2) is 0 Å². The molecule has 1 heteroatoms. The Labute approximate surface area is 99.9 Å². The van der Waals surface area contributed by atoms with Crippen molar-refractivity contribution >= 4 is 21.5 Å². The SMILES string of the molecule is N#CCc1c2ccccc2cc2ccccc12. The van der Waals surface area contributed by atoms with Crippen LogP contribution >= 0.6 is 0 Å². The van der Waals surface area contributed by atoms with Crippen molar-refractivity contribution in [3.63, 3.8) is 0 Å². The van der Waals surface area contributed by atoms with E-state index in [1.807, 2.05) is 24.3 Å². The van der Waals surface area contributed by atoms with E-state index in [-0.39, 0.29) is 0 Å². The van der Waals surface area contributed by atoms with Crippen molar-refractivity contribution in [2.24, 2.45) is 0 Å². The monoisotopic (exact) mass is 217 g/mol. The van der Waals surface area contributed by atoms with E-state index in [1.54, 1.807) is 0 Å². The van der Waals surface area contributed by atoms with Crippen molar-refractivity contribution in [3.8, 4) is 6.07 Å². The highest BCUT2D eigenvalue weighted by Crippen LogP contribution is 2.28. The molecule has 0 radical (unpaired) electrons. The van der Waals surface area contributed by atoms with Crippen LogP contribution in [-0.2, 0) is 6.42 Å². The highest BCUT2D eigenvalue weighted by atomic mass is 14.2. The predicted molar refractivity (Wildman–Crippen MR) is 70.8 cm³/mol. The Kier molecular flexibility index (Phi) is 2.27. The second-order valence-electron chi connectivity index (χ2n) is 4.13. The van der Waals surface area contributed by atoms with Gasteiger partial charge in [-0.3, -0.25) is 0 Å². The van der Waals surface area contributed by atoms with Crippen LogP contribution in [0.15, 0.2) is 54.6 Å². The van der Waals surface area contributed by atoms with E-state index in [9.17, 15) is 0 Å². The van der Waals surface area contributed by atoms with E-state index < -0.39 is 0 Å². The molecular formula is C16H11N. The molecule has 3 aromatic carbocycles. The number of fused-ring (bicyclic) bond motifs is 2. The molecule has 0 aliphatic heterocycles. The third kappa shape index (κ3) is 1.55. The van der Waals surface area contributed by atoms with Crippen LogP contribution in [0.1, 0.15) is 5.56 Å². The van der Waals surface area contributed by atoms with Gasteiger partial charge < -0.3 is 0 Å². The van der Waals surface area contributed by atoms with Gasteiger partial charge in [0.25, 0.3) is 0 Å². The molecule has 0 fully saturated rings. The zero-order chi connectivity index (χ0) is 11.7. The van der Waals surface area contributed by atoms with Gasteiger partial charge in [0, 0.05) is 0 Å². The van der Waals surface area contributed by atoms with Gasteiger partial charge in [-0.25, -0.2) is 0 Å². The zero-order valence-electron chi connectivity index (χ0n) is 9.35. The average Bonchev–Trinajstić information content (AvgIpc) is 2.39. The molecular weight excluding hydrogens is 206 g/mol. The Hall–Kier alpha value is -2.33. The molecule has 0 saturated heterocycles. The van der Waals surface area contributed by atoms with E-state index in [1.165, 1.54) is 21.5 Å². The summed E-state index contributed by atoms with van der Waals surface area (Å²) in [7, 11) is 0. The summed E-state index contributed by atoms with van der Waals surface area (Å²) < 4.78 is 0. The molecule has 0 N–H and O–H groups in total. The van der Waals surface area contributed by atoms with Crippen LogP contribution in [0.5, 0.6) is 0 Å². The summed E-state index contributed by atoms with van der Waals surface area (Å²) >= 11 is 0. The first-order chi connectivity index (χ1) is 8.40. The van der Waals surface area contributed by atoms with Gasteiger partial charge in [-0.2, -0.15) is 5.26 Å². The molecule has 3 aromatic rings. The standard InChI is InChI=1S/C16H11N/c17-10-9-16-14-7-3-1-5-12(14)11-13-6-2-4-8-15(13)16/h1-8,11H,9H2. The van der Waals surface area contributed by atoms with E-state index in [4.69, 9.17) is 5.26 Å². The van der Waals surface area contributed by atoms with Gasteiger partial charge in [0.15, 0.2) is 0 Å². The number of nitriles is 1. The minimum Gasteiger partial charge on any atom is -0.198 e. The van der Waals surface area contributed by atoms with E-state index in [0.717, 1.165) is 5.56 Å². The highest BCUT2D eigenvalue weighted by Gasteiger charge is 2.06. The summed E-state index contributed by atoms with van der Waals surface area (Å²) in [6, 6.07) is 21.0. The van der Waals surface area contributed by atoms with Crippen molar-refractivity contribution in [2.75, 3.05) is 0 Å². The number of rotatable bonds is 1. The maximum atomic E-state index is 8.99. The van der Waals surface area contributed by atoms with E-state index >= 15 is 0 Å². The van der Waals surface area contributed by atoms with Crippen LogP contribution in [0.3, 0.4) is 0 Å². The summed E-state index contributed by atoms with van der Waals surface area (Å²) in [6.07, 6.45) is 0.460. The van der Waals surface area contributed by atoms with Crippen LogP contribution < -0.4 is 0 Å². The average molecular weight is 217 g/mol. The van der Waals surface area contributed by atoms with E-state index in [0.29, 0.717) is 6.42 Å². The molecule has 0 bridgehead atoms. The van der Waals surface area contributed by atoms with Gasteiger partial charge in [0.2, 0.25) is 0 Å². The lowest BCUT2D eigenvalue weighted by Crippen LogP contribution is -1.88. The summed E-state index contributed by atoms with van der Waals surface area (Å²) in [5.74, 6) is 0. The molecule has 0 aromatic heterocycles. The lowest BCUT2D eigenvalue weighted by Gasteiger charge is -2.08. The fourth-order valence-electron chi connectivity index (χ4n) is 2.38. The summed E-state index contributed by atoms with van der Waals surface area (Å²) in [6.45, 7) is 0. The molecule has 17 heavy (non-hydrogen) atoms. The minimum atomic E-state index is 0.460. The van der Waals surface area contributed by atoms with Crippen LogP contribution in [0.4, 0.5) is 0 Å². The van der Waals surface area contributed by atoms with Crippen LogP contribution in [0, 0.1) is 11.3 Å². The first kappa shape index (κ1) is 9.86. The maximum absolute atomic E-state index is 8.99. The van der Waals surface area contributed by atoms with Gasteiger partial charge in [-0.05, 0) is 33.2 Å². The van der Waals surface area contributed by atoms with Gasteiger partial charge in [-0.15, -0.1) is 0 Å². The Bertz CT molecular complexity index is 681. The number of benzene rings is 3. The molecule has 0 unspecified atom stereocenters. The molecule has 80 valence electrons. The molecule has 0 aliphatic rings. The predicted octanol–water partition coefficient (Wildman–Crippen LogP) is 4.06. The first-order valence-electron chi connectivity index (χ1n) is 5.66. The van der Waals surface area contributed by atoms with Gasteiger partial charge in [0.1, 0.15) is 0 Å². The van der Waals surface area contributed by atoms with Crippen molar-refractivity contribution < 1.29 is 0 Å². The second kappa shape index (κ2) is 3.92. The Balaban J connectivity index is 2.52. The highest BCUT2D eigenvalue weighted by molar-refractivity contribution is 6.02. The fourth-order valence-corrected chi connectivity index (χ4v) is 2.38. The second-order valence-corrected chi connectivity index (χ2v) is 4.13. The van der Waals surface area contributed by atoms with Gasteiger partial charge in [-0.1, -0.05) is 48.5 Å². The van der Waals surface area contributed by atoms with Crippen molar-refractivity contribution in [1.82, 2.24) is 0 Å². The molecule has 0 atom stereocenters. The number of hydrogen-bond donors (Lipinski definition) is 0. The lowest BCUT2D eigenvalue weighted by molar-refractivity contribution is 1.31. The first-order valence-corrected chi connectivity index (χ1v) is 5.66. The summed E-state index contributed by atoms with van der Waals surface area (Å²) in [4.78, 5) is 0. The molecule has 0 heterocycles. The topological polar surface area (TPSA) is 23.8 Å². The van der Waals surface area contributed by atoms with Crippen LogP contribution in [0.2, 0.25) is 0 Å². The lowest BCUT2D eigenvalue weighted by atomic mass is 9.95. The smallest absolute Gasteiger partial charge is 0.0670 e. The van der Waals surface area contributed by atoms with E-state index in [2.05, 4.69) is 36.4 Å². The Morgan fingerprint density at radius 1 is 0.824 bits per heavy atom. The molecule has 0 saturated carbocycles. The Morgan fingerprint density at radius 3 is 1.88 bits per heavy atom. The van der Waals surface area contributed by atoms with Gasteiger partial charge in [0.05, 0.1) is 12.5 Å². The van der Waals surface area contributed by atoms with Gasteiger partial charge >= 0.3 is 0 Å². The molecule has 0 spiro atoms. The number of hydrogen-bond acceptors (Lipinski definition) is 1. The molecule has 3 rings (SSSR count). The molecule has 0 aliphatic carbocycles. The quantitative estimate of drug-likeness (QED) is 0.564. The summed E-state index contributed by atoms with van der Waals surface area (Å²) in [5.41, 5.74) is 1.14.